The van der Waals surface area contributed by atoms with E-state index in [1.165, 1.54) is 22.4 Å². The molecule has 0 atom stereocenters. The van der Waals surface area contributed by atoms with Crippen molar-refractivity contribution in [2.75, 3.05) is 0 Å². The Labute approximate surface area is 120 Å². The Morgan fingerprint density at radius 1 is 0.750 bits per heavy atom. The van der Waals surface area contributed by atoms with Crippen LogP contribution >= 0.6 is 0 Å². The van der Waals surface area contributed by atoms with Crippen LogP contribution in [0.2, 0.25) is 0 Å². The van der Waals surface area contributed by atoms with E-state index in [-0.39, 0.29) is 0 Å². The first-order valence-corrected chi connectivity index (χ1v) is 7.05. The average Bonchev–Trinajstić information content (AvgIpc) is 2.83. The maximum Gasteiger partial charge on any atom is 0.0473 e. The van der Waals surface area contributed by atoms with Gasteiger partial charge in [0.05, 0.1) is 0 Å². The van der Waals surface area contributed by atoms with Crippen LogP contribution < -0.4 is 0 Å². The topological polar surface area (TPSA) is 4.93 Å². The number of hydrogen-bond acceptors (Lipinski definition) is 0. The number of aromatic nitrogens is 1. The molecule has 0 spiro atoms. The van der Waals surface area contributed by atoms with E-state index < -0.39 is 0 Å². The highest BCUT2D eigenvalue weighted by Crippen LogP contribution is 2.17. The predicted octanol–water partition coefficient (Wildman–Crippen LogP) is 4.44. The van der Waals surface area contributed by atoms with Crippen LogP contribution in [0.5, 0.6) is 0 Å². The number of hydrogen-bond donors (Lipinski definition) is 0. The van der Waals surface area contributed by atoms with Crippen LogP contribution in [0.3, 0.4) is 0 Å². The Bertz CT molecular complexity index is 666. The van der Waals surface area contributed by atoms with Gasteiger partial charge in [-0.2, -0.15) is 0 Å². The van der Waals surface area contributed by atoms with Crippen LogP contribution in [-0.4, -0.2) is 4.57 Å². The van der Waals surface area contributed by atoms with Crippen molar-refractivity contribution in [2.45, 2.75) is 19.9 Å². The van der Waals surface area contributed by atoms with Crippen LogP contribution in [0.15, 0.2) is 72.9 Å². The largest absolute Gasteiger partial charge is 0.346 e. The van der Waals surface area contributed by atoms with Gasteiger partial charge in [-0.1, -0.05) is 60.7 Å². The molecule has 1 heteroatoms. The molecule has 0 amide bonds. The minimum atomic E-state index is 0.941. The van der Waals surface area contributed by atoms with Crippen molar-refractivity contribution in [1.29, 1.82) is 0 Å². The molecule has 0 radical (unpaired) electrons. The molecule has 3 aromatic rings. The summed E-state index contributed by atoms with van der Waals surface area (Å²) >= 11 is 0. The van der Waals surface area contributed by atoms with Crippen molar-refractivity contribution < 1.29 is 0 Å². The fourth-order valence-corrected chi connectivity index (χ4v) is 2.57. The van der Waals surface area contributed by atoms with Gasteiger partial charge in [-0.15, -0.1) is 0 Å². The van der Waals surface area contributed by atoms with Gasteiger partial charge < -0.3 is 4.57 Å². The van der Waals surface area contributed by atoms with E-state index in [1.54, 1.807) is 0 Å². The molecule has 20 heavy (non-hydrogen) atoms. The van der Waals surface area contributed by atoms with Gasteiger partial charge in [0.25, 0.3) is 0 Å². The van der Waals surface area contributed by atoms with Crippen LogP contribution in [-0.2, 0) is 13.0 Å². The standard InChI is InChI=1S/C19H19N/c1-16-12-13-20(15-18-10-6-3-7-11-18)19(16)14-17-8-4-2-5-9-17/h2-13H,14-15H2,1H3. The van der Waals surface area contributed by atoms with Crippen molar-refractivity contribution in [3.05, 3.63) is 95.3 Å². The average molecular weight is 261 g/mol. The molecule has 0 bridgehead atoms. The van der Waals surface area contributed by atoms with Gasteiger partial charge in [-0.3, -0.25) is 0 Å². The van der Waals surface area contributed by atoms with E-state index in [0.717, 1.165) is 13.0 Å². The van der Waals surface area contributed by atoms with Gasteiger partial charge in [0, 0.05) is 24.9 Å². The quantitative estimate of drug-likeness (QED) is 0.654. The van der Waals surface area contributed by atoms with Crippen molar-refractivity contribution in [3.8, 4) is 0 Å². The van der Waals surface area contributed by atoms with Gasteiger partial charge in [0.1, 0.15) is 0 Å². The summed E-state index contributed by atoms with van der Waals surface area (Å²) in [6.07, 6.45) is 3.19. The minimum Gasteiger partial charge on any atom is -0.346 e. The monoisotopic (exact) mass is 261 g/mol. The summed E-state index contributed by atoms with van der Waals surface area (Å²) in [6.45, 7) is 3.14. The normalized spacial score (nSPS) is 10.7. The van der Waals surface area contributed by atoms with E-state index in [4.69, 9.17) is 0 Å². The third-order valence-corrected chi connectivity index (χ3v) is 3.72. The Balaban J connectivity index is 1.86. The minimum absolute atomic E-state index is 0.941. The molecule has 0 N–H and O–H groups in total. The molecule has 0 fully saturated rings. The fourth-order valence-electron chi connectivity index (χ4n) is 2.57. The van der Waals surface area contributed by atoms with E-state index >= 15 is 0 Å². The molecule has 1 nitrogen and oxygen atoms in total. The van der Waals surface area contributed by atoms with Gasteiger partial charge >= 0.3 is 0 Å². The first-order valence-electron chi connectivity index (χ1n) is 7.05. The highest BCUT2D eigenvalue weighted by molar-refractivity contribution is 5.29. The summed E-state index contributed by atoms with van der Waals surface area (Å²) in [5.74, 6) is 0. The first kappa shape index (κ1) is 12.7. The molecule has 3 rings (SSSR count). The lowest BCUT2D eigenvalue weighted by Crippen LogP contribution is -2.05. The third-order valence-electron chi connectivity index (χ3n) is 3.72. The van der Waals surface area contributed by atoms with E-state index in [1.807, 2.05) is 0 Å². The highest BCUT2D eigenvalue weighted by Gasteiger charge is 2.07. The summed E-state index contributed by atoms with van der Waals surface area (Å²) in [5.41, 5.74) is 5.48. The molecule has 100 valence electrons. The van der Waals surface area contributed by atoms with E-state index in [9.17, 15) is 0 Å². The molecule has 0 unspecified atom stereocenters. The summed E-state index contributed by atoms with van der Waals surface area (Å²) in [6, 6.07) is 23.5. The highest BCUT2D eigenvalue weighted by atomic mass is 15.0. The van der Waals surface area contributed by atoms with Crippen LogP contribution in [0, 0.1) is 6.92 Å². The Morgan fingerprint density at radius 3 is 2.00 bits per heavy atom. The van der Waals surface area contributed by atoms with Gasteiger partial charge in [0.15, 0.2) is 0 Å². The number of rotatable bonds is 4. The second-order valence-corrected chi connectivity index (χ2v) is 5.22. The first-order chi connectivity index (χ1) is 9.83. The van der Waals surface area contributed by atoms with Crippen LogP contribution in [0.1, 0.15) is 22.4 Å². The second-order valence-electron chi connectivity index (χ2n) is 5.22. The molecule has 1 aromatic heterocycles. The maximum absolute atomic E-state index is 2.36. The van der Waals surface area contributed by atoms with Crippen molar-refractivity contribution in [3.63, 3.8) is 0 Å². The third kappa shape index (κ3) is 2.83. The molecular formula is C19H19N. The van der Waals surface area contributed by atoms with Crippen molar-refractivity contribution >= 4 is 0 Å². The lowest BCUT2D eigenvalue weighted by atomic mass is 10.1. The Morgan fingerprint density at radius 2 is 1.35 bits per heavy atom. The molecule has 0 aliphatic rings. The van der Waals surface area contributed by atoms with Crippen molar-refractivity contribution in [1.82, 2.24) is 4.57 Å². The lowest BCUT2D eigenvalue weighted by molar-refractivity contribution is 0.755. The number of benzene rings is 2. The molecule has 0 saturated carbocycles. The van der Waals surface area contributed by atoms with Gasteiger partial charge in [0.2, 0.25) is 0 Å². The molecule has 0 aliphatic heterocycles. The van der Waals surface area contributed by atoms with E-state index in [2.05, 4.69) is 84.4 Å². The SMILES string of the molecule is Cc1ccn(Cc2ccccc2)c1Cc1ccccc1. The van der Waals surface area contributed by atoms with Gasteiger partial charge in [-0.25, -0.2) is 0 Å². The summed E-state index contributed by atoms with van der Waals surface area (Å²) in [7, 11) is 0. The molecule has 2 aromatic carbocycles. The maximum atomic E-state index is 2.36. The summed E-state index contributed by atoms with van der Waals surface area (Å²) < 4.78 is 2.36. The number of nitrogens with zero attached hydrogens (tertiary/aromatic N) is 1. The fraction of sp³-hybridized carbons (Fsp3) is 0.158. The van der Waals surface area contributed by atoms with Gasteiger partial charge in [-0.05, 0) is 29.7 Å². The molecule has 0 saturated heterocycles. The summed E-state index contributed by atoms with van der Waals surface area (Å²) in [4.78, 5) is 0. The van der Waals surface area contributed by atoms with Crippen LogP contribution in [0.25, 0.3) is 0 Å². The predicted molar refractivity (Wildman–Crippen MR) is 84.0 cm³/mol. The zero-order valence-electron chi connectivity index (χ0n) is 11.8. The molecular weight excluding hydrogens is 242 g/mol. The molecule has 1 heterocycles. The lowest BCUT2D eigenvalue weighted by Gasteiger charge is -2.11. The van der Waals surface area contributed by atoms with Crippen molar-refractivity contribution in [2.24, 2.45) is 0 Å². The smallest absolute Gasteiger partial charge is 0.0473 e. The zero-order chi connectivity index (χ0) is 13.8. The van der Waals surface area contributed by atoms with Crippen LogP contribution in [0.4, 0.5) is 0 Å². The zero-order valence-corrected chi connectivity index (χ0v) is 11.8. The second kappa shape index (κ2) is 5.79. The Hall–Kier alpha value is -2.28. The molecule has 0 aliphatic carbocycles. The van der Waals surface area contributed by atoms with E-state index in [0.29, 0.717) is 0 Å². The summed E-state index contributed by atoms with van der Waals surface area (Å²) in [5, 5.41) is 0. The Kier molecular flexibility index (Phi) is 3.69. The number of aryl methyl sites for hydroxylation is 1.